The molecule has 0 aliphatic rings. The van der Waals surface area contributed by atoms with Crippen LogP contribution in [0.2, 0.25) is 5.02 Å². The van der Waals surface area contributed by atoms with Crippen molar-refractivity contribution < 1.29 is 4.79 Å². The summed E-state index contributed by atoms with van der Waals surface area (Å²) in [5.41, 5.74) is 0.940. The van der Waals surface area contributed by atoms with E-state index in [4.69, 9.17) is 11.6 Å². The number of halogens is 1. The second-order valence-electron chi connectivity index (χ2n) is 4.82. The molecule has 1 amide bonds. The number of carbonyl (C=O) groups is 1. The fourth-order valence-corrected chi connectivity index (χ4v) is 2.17. The van der Waals surface area contributed by atoms with Crippen molar-refractivity contribution in [1.29, 1.82) is 0 Å². The molecule has 106 valence electrons. The topological polar surface area (TPSA) is 83.6 Å². The Balaban J connectivity index is 2.08. The third-order valence-electron chi connectivity index (χ3n) is 2.99. The van der Waals surface area contributed by atoms with Gasteiger partial charge >= 0.3 is 0 Å². The number of benzene rings is 1. The van der Waals surface area contributed by atoms with Gasteiger partial charge in [-0.25, -0.2) is 0 Å². The monoisotopic (exact) mass is 293 g/mol. The Labute approximate surface area is 121 Å². The lowest BCUT2D eigenvalue weighted by molar-refractivity contribution is -0.123. The molecule has 0 saturated heterocycles. The average Bonchev–Trinajstić information content (AvgIpc) is 2.92. The predicted octanol–water partition coefficient (Wildman–Crippen LogP) is 1.91. The van der Waals surface area contributed by atoms with E-state index in [1.165, 1.54) is 0 Å². The van der Waals surface area contributed by atoms with Gasteiger partial charge in [-0.05, 0) is 23.6 Å². The molecule has 7 heteroatoms. The predicted molar refractivity (Wildman–Crippen MR) is 75.1 cm³/mol. The van der Waals surface area contributed by atoms with Gasteiger partial charge in [0.1, 0.15) is 0 Å². The molecule has 0 radical (unpaired) electrons. The number of hydrogen-bond acceptors (Lipinski definition) is 4. The molecule has 0 aliphatic heterocycles. The third-order valence-corrected chi connectivity index (χ3v) is 3.24. The molecule has 1 unspecified atom stereocenters. The summed E-state index contributed by atoms with van der Waals surface area (Å²) in [6.45, 7) is 4.27. The molecule has 2 aromatic rings. The molecular weight excluding hydrogens is 278 g/mol. The largest absolute Gasteiger partial charge is 0.348 e. The fourth-order valence-electron chi connectivity index (χ4n) is 2.04. The number of hydrogen-bond donors (Lipinski definition) is 2. The number of H-pyrrole nitrogens is 1. The fraction of sp³-hybridized carbons (Fsp3) is 0.385. The van der Waals surface area contributed by atoms with Crippen molar-refractivity contribution in [3.05, 3.63) is 40.7 Å². The second kappa shape index (κ2) is 6.47. The van der Waals surface area contributed by atoms with Crippen molar-refractivity contribution in [2.75, 3.05) is 0 Å². The van der Waals surface area contributed by atoms with Crippen LogP contribution in [-0.2, 0) is 11.3 Å². The SMILES string of the molecule is CC(C)C(C(=O)NCc1nn[nH]n1)c1ccc(Cl)cc1. The lowest BCUT2D eigenvalue weighted by Crippen LogP contribution is -2.32. The molecule has 0 bridgehead atoms. The van der Waals surface area contributed by atoms with Crippen LogP contribution in [0.1, 0.15) is 31.2 Å². The van der Waals surface area contributed by atoms with E-state index in [0.29, 0.717) is 10.8 Å². The van der Waals surface area contributed by atoms with E-state index in [-0.39, 0.29) is 24.3 Å². The Bertz CT molecular complexity index is 553. The first-order chi connectivity index (χ1) is 9.58. The molecule has 0 spiro atoms. The summed E-state index contributed by atoms with van der Waals surface area (Å²) in [6, 6.07) is 7.33. The molecule has 0 aliphatic carbocycles. The summed E-state index contributed by atoms with van der Waals surface area (Å²) >= 11 is 5.88. The number of aromatic amines is 1. The summed E-state index contributed by atoms with van der Waals surface area (Å²) in [5.74, 6) is 0.324. The Morgan fingerprint density at radius 2 is 2.05 bits per heavy atom. The lowest BCUT2D eigenvalue weighted by Gasteiger charge is -2.20. The highest BCUT2D eigenvalue weighted by Gasteiger charge is 2.24. The van der Waals surface area contributed by atoms with E-state index >= 15 is 0 Å². The van der Waals surface area contributed by atoms with Gasteiger partial charge in [-0.2, -0.15) is 5.21 Å². The summed E-state index contributed by atoms with van der Waals surface area (Å²) in [5, 5.41) is 16.9. The van der Waals surface area contributed by atoms with E-state index < -0.39 is 0 Å². The molecule has 0 fully saturated rings. The molecule has 2 rings (SSSR count). The van der Waals surface area contributed by atoms with Gasteiger partial charge in [0, 0.05) is 5.02 Å². The Hall–Kier alpha value is -1.95. The highest BCUT2D eigenvalue weighted by atomic mass is 35.5. The van der Waals surface area contributed by atoms with Crippen LogP contribution in [-0.4, -0.2) is 26.5 Å². The van der Waals surface area contributed by atoms with Crippen molar-refractivity contribution in [3.63, 3.8) is 0 Å². The maximum absolute atomic E-state index is 12.3. The van der Waals surface area contributed by atoms with Crippen molar-refractivity contribution in [3.8, 4) is 0 Å². The highest BCUT2D eigenvalue weighted by Crippen LogP contribution is 2.26. The van der Waals surface area contributed by atoms with Crippen LogP contribution in [0.5, 0.6) is 0 Å². The quantitative estimate of drug-likeness (QED) is 0.882. The van der Waals surface area contributed by atoms with E-state index in [0.717, 1.165) is 5.56 Å². The number of amides is 1. The number of tetrazole rings is 1. The van der Waals surface area contributed by atoms with Gasteiger partial charge in [-0.3, -0.25) is 4.79 Å². The Morgan fingerprint density at radius 1 is 1.35 bits per heavy atom. The standard InChI is InChI=1S/C13H16ClN5O/c1-8(2)12(9-3-5-10(14)6-4-9)13(20)15-7-11-16-18-19-17-11/h3-6,8,12H,7H2,1-2H3,(H,15,20)(H,16,17,18,19). The summed E-state index contributed by atoms with van der Waals surface area (Å²) < 4.78 is 0. The smallest absolute Gasteiger partial charge is 0.228 e. The summed E-state index contributed by atoms with van der Waals surface area (Å²) in [6.07, 6.45) is 0. The van der Waals surface area contributed by atoms with Gasteiger partial charge in [0.05, 0.1) is 12.5 Å². The van der Waals surface area contributed by atoms with Gasteiger partial charge in [-0.15, -0.1) is 10.2 Å². The molecule has 0 saturated carbocycles. The first-order valence-electron chi connectivity index (χ1n) is 6.33. The van der Waals surface area contributed by atoms with E-state index in [2.05, 4.69) is 25.9 Å². The van der Waals surface area contributed by atoms with Crippen molar-refractivity contribution in [2.45, 2.75) is 26.3 Å². The van der Waals surface area contributed by atoms with Crippen LogP contribution >= 0.6 is 11.6 Å². The molecule has 1 aromatic carbocycles. The van der Waals surface area contributed by atoms with Crippen molar-refractivity contribution in [1.82, 2.24) is 25.9 Å². The van der Waals surface area contributed by atoms with Crippen LogP contribution in [0.4, 0.5) is 0 Å². The maximum atomic E-state index is 12.3. The highest BCUT2D eigenvalue weighted by molar-refractivity contribution is 6.30. The minimum Gasteiger partial charge on any atom is -0.348 e. The van der Waals surface area contributed by atoms with Crippen LogP contribution in [0.25, 0.3) is 0 Å². The van der Waals surface area contributed by atoms with Crippen LogP contribution in [0.15, 0.2) is 24.3 Å². The van der Waals surface area contributed by atoms with Crippen LogP contribution in [0.3, 0.4) is 0 Å². The Kier molecular flexibility index (Phi) is 4.68. The average molecular weight is 294 g/mol. The zero-order chi connectivity index (χ0) is 14.5. The zero-order valence-corrected chi connectivity index (χ0v) is 12.1. The first kappa shape index (κ1) is 14.5. The zero-order valence-electron chi connectivity index (χ0n) is 11.3. The molecule has 1 aromatic heterocycles. The molecule has 6 nitrogen and oxygen atoms in total. The minimum absolute atomic E-state index is 0.0628. The molecule has 1 heterocycles. The van der Waals surface area contributed by atoms with Gasteiger partial charge in [0.2, 0.25) is 5.91 Å². The van der Waals surface area contributed by atoms with Crippen LogP contribution < -0.4 is 5.32 Å². The van der Waals surface area contributed by atoms with Gasteiger partial charge in [0.15, 0.2) is 5.82 Å². The minimum atomic E-state index is -0.237. The Morgan fingerprint density at radius 3 is 2.60 bits per heavy atom. The molecule has 1 atom stereocenters. The van der Waals surface area contributed by atoms with Crippen LogP contribution in [0, 0.1) is 5.92 Å². The molecular formula is C13H16ClN5O. The number of nitrogens with zero attached hydrogens (tertiary/aromatic N) is 3. The van der Waals surface area contributed by atoms with E-state index in [1.54, 1.807) is 12.1 Å². The number of nitrogens with one attached hydrogen (secondary N) is 2. The van der Waals surface area contributed by atoms with Gasteiger partial charge < -0.3 is 5.32 Å². The van der Waals surface area contributed by atoms with Crippen molar-refractivity contribution in [2.24, 2.45) is 5.92 Å². The number of rotatable bonds is 5. The van der Waals surface area contributed by atoms with Gasteiger partial charge in [0.25, 0.3) is 0 Å². The molecule has 2 N–H and O–H groups in total. The summed E-state index contributed by atoms with van der Waals surface area (Å²) in [7, 11) is 0. The first-order valence-corrected chi connectivity index (χ1v) is 6.71. The maximum Gasteiger partial charge on any atom is 0.228 e. The van der Waals surface area contributed by atoms with Gasteiger partial charge in [-0.1, -0.05) is 42.8 Å². The lowest BCUT2D eigenvalue weighted by atomic mass is 9.87. The normalized spacial score (nSPS) is 12.4. The number of aromatic nitrogens is 4. The second-order valence-corrected chi connectivity index (χ2v) is 5.26. The molecule has 20 heavy (non-hydrogen) atoms. The third kappa shape index (κ3) is 3.54. The number of carbonyl (C=O) groups excluding carboxylic acids is 1. The van der Waals surface area contributed by atoms with E-state index in [1.807, 2.05) is 26.0 Å². The summed E-state index contributed by atoms with van der Waals surface area (Å²) in [4.78, 5) is 12.3. The van der Waals surface area contributed by atoms with Crippen molar-refractivity contribution >= 4 is 17.5 Å². The van der Waals surface area contributed by atoms with E-state index in [9.17, 15) is 4.79 Å².